The predicted octanol–water partition coefficient (Wildman–Crippen LogP) is 3.37. The van der Waals surface area contributed by atoms with Gasteiger partial charge >= 0.3 is 0 Å². The largest absolute Gasteiger partial charge is 0.321 e. The molecule has 104 valence electrons. The number of hydrogen-bond acceptors (Lipinski definition) is 3. The first-order valence-electron chi connectivity index (χ1n) is 6.56. The Morgan fingerprint density at radius 3 is 2.45 bits per heavy atom. The van der Waals surface area contributed by atoms with Crippen molar-refractivity contribution in [2.75, 3.05) is 0 Å². The molecule has 22 heavy (non-hydrogen) atoms. The molecular formula is C17H7BrN2O2. The Hall–Kier alpha value is -2.71. The Balaban J connectivity index is 2.39. The average Bonchev–Trinajstić information content (AvgIpc) is 2.53. The van der Waals surface area contributed by atoms with E-state index in [1.165, 1.54) is 0 Å². The fourth-order valence-electron chi connectivity index (χ4n) is 3.00. The first kappa shape index (κ1) is 13.0. The molecule has 0 saturated carbocycles. The minimum absolute atomic E-state index is 0.0341. The summed E-state index contributed by atoms with van der Waals surface area (Å²) in [6.45, 7) is 0. The molecule has 3 aromatic rings. The maximum atomic E-state index is 12.8. The lowest BCUT2D eigenvalue weighted by Gasteiger charge is -2.21. The monoisotopic (exact) mass is 350 g/mol. The van der Waals surface area contributed by atoms with Crippen LogP contribution in [0.25, 0.3) is 22.0 Å². The van der Waals surface area contributed by atoms with Crippen molar-refractivity contribution in [1.82, 2.24) is 4.98 Å². The van der Waals surface area contributed by atoms with Gasteiger partial charge in [-0.05, 0) is 17.7 Å². The predicted molar refractivity (Wildman–Crippen MR) is 85.9 cm³/mol. The highest BCUT2D eigenvalue weighted by atomic mass is 79.9. The number of hydrogen-bond donors (Lipinski definition) is 1. The molecule has 2 aromatic carbocycles. The molecule has 1 aromatic heterocycles. The highest BCUT2D eigenvalue weighted by Gasteiger charge is 2.30. The molecule has 0 radical (unpaired) electrons. The van der Waals surface area contributed by atoms with Gasteiger partial charge in [-0.15, -0.1) is 0 Å². The molecule has 1 N–H and O–H groups in total. The van der Waals surface area contributed by atoms with Gasteiger partial charge in [-0.1, -0.05) is 40.2 Å². The van der Waals surface area contributed by atoms with E-state index in [9.17, 15) is 14.9 Å². The van der Waals surface area contributed by atoms with Crippen molar-refractivity contribution < 1.29 is 4.79 Å². The number of carbonyl (C=O) groups is 1. The van der Waals surface area contributed by atoms with Gasteiger partial charge in [0.1, 0.15) is 11.6 Å². The summed E-state index contributed by atoms with van der Waals surface area (Å²) in [7, 11) is 0. The second kappa shape index (κ2) is 4.39. The Morgan fingerprint density at radius 1 is 1.00 bits per heavy atom. The van der Waals surface area contributed by atoms with Crippen LogP contribution in [0.3, 0.4) is 0 Å². The standard InChI is InChI=1S/C17H7BrN2O2/c18-11-5-6-12-15-13(10(7-19)17(22)20-12)8-3-1-2-4-9(8)16(21)14(11)15/h1-6H,(H,20,22). The summed E-state index contributed by atoms with van der Waals surface area (Å²) < 4.78 is 0.650. The number of pyridine rings is 1. The summed E-state index contributed by atoms with van der Waals surface area (Å²) in [4.78, 5) is 27.7. The van der Waals surface area contributed by atoms with Gasteiger partial charge in [0.25, 0.3) is 5.56 Å². The number of aromatic amines is 1. The van der Waals surface area contributed by atoms with Crippen molar-refractivity contribution >= 4 is 32.6 Å². The fourth-order valence-corrected chi connectivity index (χ4v) is 3.51. The van der Waals surface area contributed by atoms with E-state index in [0.29, 0.717) is 37.6 Å². The third-order valence-corrected chi connectivity index (χ3v) is 4.57. The maximum absolute atomic E-state index is 12.8. The molecule has 5 heteroatoms. The van der Waals surface area contributed by atoms with Gasteiger partial charge in [0, 0.05) is 32.1 Å². The third-order valence-electron chi connectivity index (χ3n) is 3.91. The van der Waals surface area contributed by atoms with E-state index in [-0.39, 0.29) is 11.3 Å². The number of ketones is 1. The van der Waals surface area contributed by atoms with Crippen LogP contribution >= 0.6 is 15.9 Å². The van der Waals surface area contributed by atoms with Gasteiger partial charge in [-0.2, -0.15) is 5.26 Å². The van der Waals surface area contributed by atoms with E-state index < -0.39 is 5.56 Å². The summed E-state index contributed by atoms with van der Waals surface area (Å²) in [5.74, 6) is -0.114. The number of rotatable bonds is 0. The lowest BCUT2D eigenvalue weighted by molar-refractivity contribution is 0.103. The third kappa shape index (κ3) is 1.50. The number of carbonyl (C=O) groups excluding carboxylic acids is 1. The van der Waals surface area contributed by atoms with Crippen molar-refractivity contribution in [1.29, 1.82) is 5.26 Å². The Labute approximate surface area is 133 Å². The SMILES string of the molecule is N#Cc1c2c3c(c(Br)ccc3[nH]c1=O)C(=O)c1ccccc1-2. The number of fused-ring (bicyclic) bond motifs is 2. The van der Waals surface area contributed by atoms with Crippen LogP contribution in [0.5, 0.6) is 0 Å². The van der Waals surface area contributed by atoms with Crippen molar-refractivity contribution in [3.05, 3.63) is 67.9 Å². The fraction of sp³-hybridized carbons (Fsp3) is 0. The maximum Gasteiger partial charge on any atom is 0.266 e. The van der Waals surface area contributed by atoms with Crippen molar-refractivity contribution in [2.45, 2.75) is 0 Å². The van der Waals surface area contributed by atoms with Crippen LogP contribution in [-0.4, -0.2) is 10.8 Å². The number of nitrogens with zero attached hydrogens (tertiary/aromatic N) is 1. The molecular weight excluding hydrogens is 344 g/mol. The molecule has 1 aliphatic carbocycles. The molecule has 0 bridgehead atoms. The zero-order chi connectivity index (χ0) is 15.4. The van der Waals surface area contributed by atoms with Gasteiger partial charge < -0.3 is 4.98 Å². The number of aromatic nitrogens is 1. The van der Waals surface area contributed by atoms with Gasteiger partial charge in [0.15, 0.2) is 5.78 Å². The second-order valence-electron chi connectivity index (χ2n) is 5.04. The van der Waals surface area contributed by atoms with Crippen LogP contribution in [0.4, 0.5) is 0 Å². The van der Waals surface area contributed by atoms with Crippen LogP contribution < -0.4 is 5.56 Å². The van der Waals surface area contributed by atoms with E-state index in [1.807, 2.05) is 6.07 Å². The number of nitriles is 1. The molecule has 1 aliphatic rings. The Kier molecular flexibility index (Phi) is 2.59. The molecule has 1 heterocycles. The van der Waals surface area contributed by atoms with E-state index >= 15 is 0 Å². The zero-order valence-electron chi connectivity index (χ0n) is 11.1. The molecule has 4 rings (SSSR count). The summed E-state index contributed by atoms with van der Waals surface area (Å²) in [5.41, 5.74) is 2.30. The second-order valence-corrected chi connectivity index (χ2v) is 5.89. The molecule has 0 aliphatic heterocycles. The quantitative estimate of drug-likeness (QED) is 0.528. The van der Waals surface area contributed by atoms with Crippen molar-refractivity contribution in [3.63, 3.8) is 0 Å². The lowest BCUT2D eigenvalue weighted by Crippen LogP contribution is -2.18. The number of halogens is 1. The molecule has 0 spiro atoms. The van der Waals surface area contributed by atoms with Crippen molar-refractivity contribution in [3.8, 4) is 17.2 Å². The van der Waals surface area contributed by atoms with E-state index in [2.05, 4.69) is 20.9 Å². The summed E-state index contributed by atoms with van der Waals surface area (Å²) in [6.07, 6.45) is 0. The van der Waals surface area contributed by atoms with Gasteiger partial charge in [-0.25, -0.2) is 0 Å². The molecule has 0 amide bonds. The Bertz CT molecular complexity index is 1090. The normalized spacial score (nSPS) is 12.1. The van der Waals surface area contributed by atoms with Gasteiger partial charge in [0.05, 0.1) is 0 Å². The summed E-state index contributed by atoms with van der Waals surface area (Å²) in [6, 6.07) is 12.5. The van der Waals surface area contributed by atoms with Crippen LogP contribution in [0, 0.1) is 11.3 Å². The lowest BCUT2D eigenvalue weighted by atomic mass is 9.82. The number of H-pyrrole nitrogens is 1. The highest BCUT2D eigenvalue weighted by molar-refractivity contribution is 9.10. The zero-order valence-corrected chi connectivity index (χ0v) is 12.7. The molecule has 4 nitrogen and oxygen atoms in total. The number of nitrogens with one attached hydrogen (secondary N) is 1. The minimum Gasteiger partial charge on any atom is -0.321 e. The highest BCUT2D eigenvalue weighted by Crippen LogP contribution is 2.41. The van der Waals surface area contributed by atoms with Crippen molar-refractivity contribution in [2.24, 2.45) is 0 Å². The minimum atomic E-state index is -0.442. The Morgan fingerprint density at radius 2 is 1.73 bits per heavy atom. The van der Waals surface area contributed by atoms with Gasteiger partial charge in [0.2, 0.25) is 0 Å². The van der Waals surface area contributed by atoms with Crippen LogP contribution in [0.1, 0.15) is 21.5 Å². The van der Waals surface area contributed by atoms with Crippen LogP contribution in [-0.2, 0) is 0 Å². The average molecular weight is 351 g/mol. The van der Waals surface area contributed by atoms with Crippen LogP contribution in [0.2, 0.25) is 0 Å². The summed E-state index contributed by atoms with van der Waals surface area (Å²) >= 11 is 3.41. The van der Waals surface area contributed by atoms with E-state index in [1.54, 1.807) is 36.4 Å². The smallest absolute Gasteiger partial charge is 0.266 e. The van der Waals surface area contributed by atoms with Crippen LogP contribution in [0.15, 0.2) is 45.7 Å². The molecule has 0 unspecified atom stereocenters. The summed E-state index contributed by atoms with van der Waals surface area (Å²) in [5, 5.41) is 10.0. The molecule has 0 saturated heterocycles. The number of benzene rings is 2. The molecule has 0 fully saturated rings. The first-order valence-corrected chi connectivity index (χ1v) is 7.35. The topological polar surface area (TPSA) is 73.7 Å². The molecule has 0 atom stereocenters. The van der Waals surface area contributed by atoms with E-state index in [0.717, 1.165) is 0 Å². The first-order chi connectivity index (χ1) is 10.6. The van der Waals surface area contributed by atoms with E-state index in [4.69, 9.17) is 0 Å². The van der Waals surface area contributed by atoms with Gasteiger partial charge in [-0.3, -0.25) is 9.59 Å².